The zero-order valence-corrected chi connectivity index (χ0v) is 54.4. The SMILES string of the molecule is CCC[CH2][Sn][CH2]CCC.Cc1cc[c]([Ge]([c]2ccc(C)cc2)([c]2ccc(C)cc2)[CH](c2ccccc2)C(C)C(=O)O)cc1.Cc1cc[c]([Ge]([c]2ccc(C)cc2)([c]2ccc(C)cc2)[CH](c2ccccc2)C(C)C(=O)O)cc1. The predicted octanol–water partition coefficient (Wildman–Crippen LogP) is 13.4. The summed E-state index contributed by atoms with van der Waals surface area (Å²) in [5, 5.41) is 20.8. The number of unbranched alkanes of at least 4 members (excludes halogenated alkanes) is 2. The van der Waals surface area contributed by atoms with E-state index in [0.717, 1.165) is 11.1 Å². The van der Waals surface area contributed by atoms with Gasteiger partial charge in [0.15, 0.2) is 0 Å². The summed E-state index contributed by atoms with van der Waals surface area (Å²) >= 11 is -7.11. The Bertz CT molecular complexity index is 2600. The van der Waals surface area contributed by atoms with E-state index in [1.165, 1.54) is 85.4 Å². The Labute approximate surface area is 477 Å². The average molecular weight is 1250 g/mol. The third-order valence-corrected chi connectivity index (χ3v) is 42.6. The van der Waals surface area contributed by atoms with Crippen LogP contribution in [0.3, 0.4) is 0 Å². The van der Waals surface area contributed by atoms with Crippen molar-refractivity contribution < 1.29 is 19.8 Å². The second-order valence-corrected chi connectivity index (χ2v) is 42.2. The van der Waals surface area contributed by atoms with Gasteiger partial charge in [-0.15, -0.1) is 0 Å². The number of benzene rings is 8. The Morgan fingerprint density at radius 3 is 0.753 bits per heavy atom. The molecule has 4 nitrogen and oxygen atoms in total. The molecular weight excluding hydrogens is 1170 g/mol. The molecule has 0 spiro atoms. The van der Waals surface area contributed by atoms with Gasteiger partial charge >= 0.3 is 482 Å². The van der Waals surface area contributed by atoms with Gasteiger partial charge < -0.3 is 0 Å². The van der Waals surface area contributed by atoms with Gasteiger partial charge in [0.25, 0.3) is 0 Å². The number of carboxylic acid groups (broad SMARTS) is 2. The number of hydrogen-bond acceptors (Lipinski definition) is 2. The van der Waals surface area contributed by atoms with Crippen molar-refractivity contribution in [1.29, 1.82) is 0 Å². The topological polar surface area (TPSA) is 74.6 Å². The molecule has 7 heteroatoms. The summed E-state index contributed by atoms with van der Waals surface area (Å²) in [4.78, 5) is 25.3. The second-order valence-electron chi connectivity index (χ2n) is 21.3. The fourth-order valence-corrected chi connectivity index (χ4v) is 39.4. The van der Waals surface area contributed by atoms with Crippen molar-refractivity contribution >= 4 is 86.0 Å². The minimum atomic E-state index is -3.63. The molecule has 4 unspecified atom stereocenters. The van der Waals surface area contributed by atoms with Gasteiger partial charge in [-0.05, 0) is 0 Å². The molecule has 8 rings (SSSR count). The van der Waals surface area contributed by atoms with Gasteiger partial charge in [-0.25, -0.2) is 0 Å². The Kier molecular flexibility index (Phi) is 23.3. The quantitative estimate of drug-likeness (QED) is 0.0589. The summed E-state index contributed by atoms with van der Waals surface area (Å²) in [6, 6.07) is 73.6. The van der Waals surface area contributed by atoms with Crippen molar-refractivity contribution in [3.05, 3.63) is 251 Å². The first-order chi connectivity index (χ1) is 37.1. The fourth-order valence-electron chi connectivity index (χ4n) is 11.1. The minimum absolute atomic E-state index is 0.146. The van der Waals surface area contributed by atoms with Gasteiger partial charge in [-0.3, -0.25) is 0 Å². The number of carbonyl (C=O) groups is 2. The van der Waals surface area contributed by atoms with Crippen molar-refractivity contribution in [2.45, 2.75) is 113 Å². The van der Waals surface area contributed by atoms with Crippen LogP contribution >= 0.6 is 0 Å². The molecule has 0 amide bonds. The molecule has 0 saturated heterocycles. The van der Waals surface area contributed by atoms with Crippen LogP contribution in [-0.4, -0.2) is 69.8 Å². The van der Waals surface area contributed by atoms with Crippen LogP contribution in [0.1, 0.15) is 107 Å². The van der Waals surface area contributed by atoms with E-state index >= 15 is 0 Å². The van der Waals surface area contributed by atoms with Gasteiger partial charge in [0, 0.05) is 0 Å². The number of rotatable bonds is 20. The van der Waals surface area contributed by atoms with Crippen molar-refractivity contribution in [3.63, 3.8) is 0 Å². The van der Waals surface area contributed by atoms with Gasteiger partial charge in [0.05, 0.1) is 0 Å². The average Bonchev–Trinajstić information content (AvgIpc) is 3.50. The fraction of sp³-hybridized carbons (Fsp3) is 0.286. The Balaban J connectivity index is 0.000000215. The molecule has 0 aliphatic rings. The van der Waals surface area contributed by atoms with Crippen molar-refractivity contribution in [2.75, 3.05) is 0 Å². The van der Waals surface area contributed by atoms with Crippen LogP contribution in [0.5, 0.6) is 0 Å². The molecule has 0 saturated carbocycles. The van der Waals surface area contributed by atoms with Gasteiger partial charge in [0.1, 0.15) is 0 Å². The van der Waals surface area contributed by atoms with Crippen molar-refractivity contribution in [2.24, 2.45) is 11.8 Å². The molecule has 8 aromatic rings. The van der Waals surface area contributed by atoms with E-state index in [0.29, 0.717) is 0 Å². The molecule has 2 N–H and O–H groups in total. The Morgan fingerprint density at radius 2 is 0.571 bits per heavy atom. The molecule has 2 radical (unpaired) electrons. The zero-order valence-electron chi connectivity index (χ0n) is 47.4. The summed E-state index contributed by atoms with van der Waals surface area (Å²) in [5.74, 6) is -2.61. The summed E-state index contributed by atoms with van der Waals surface area (Å²) < 4.78 is 10.6. The first kappa shape index (κ1) is 60.8. The first-order valence-corrected chi connectivity index (χ1v) is 40.5. The van der Waals surface area contributed by atoms with E-state index in [1.54, 1.807) is 8.87 Å². The maximum atomic E-state index is 12.6. The molecule has 8 aromatic carbocycles. The number of aliphatic carboxylic acids is 2. The maximum absolute atomic E-state index is 12.6. The molecule has 0 aliphatic heterocycles. The van der Waals surface area contributed by atoms with Crippen LogP contribution < -0.4 is 26.4 Å². The summed E-state index contributed by atoms with van der Waals surface area (Å²) in [6.45, 7) is 21.0. The summed E-state index contributed by atoms with van der Waals surface area (Å²) in [5.41, 5.74) is 9.42. The monoisotopic (exact) mass is 1250 g/mol. The summed E-state index contributed by atoms with van der Waals surface area (Å²) in [7, 11) is 0. The van der Waals surface area contributed by atoms with E-state index < -0.39 is 50.3 Å². The van der Waals surface area contributed by atoms with E-state index in [9.17, 15) is 19.8 Å². The third kappa shape index (κ3) is 15.0. The van der Waals surface area contributed by atoms with Crippen LogP contribution in [0, 0.1) is 53.4 Å². The second kappa shape index (κ2) is 29.5. The summed E-state index contributed by atoms with van der Waals surface area (Å²) in [6.07, 6.45) is 5.84. The van der Waals surface area contributed by atoms with E-state index in [4.69, 9.17) is 0 Å². The first-order valence-electron chi connectivity index (χ1n) is 27.8. The molecule has 4 atom stereocenters. The molecule has 0 bridgehead atoms. The zero-order chi connectivity index (χ0) is 55.5. The molecule has 77 heavy (non-hydrogen) atoms. The molecule has 398 valence electrons. The van der Waals surface area contributed by atoms with Crippen LogP contribution in [-0.2, 0) is 9.59 Å². The molecule has 0 heterocycles. The molecule has 0 fully saturated rings. The number of aryl methyl sites for hydroxylation is 6. The van der Waals surface area contributed by atoms with Crippen LogP contribution in [0.4, 0.5) is 0 Å². The normalized spacial score (nSPS) is 12.9. The molecular formula is C70H82Ge2O4Sn. The van der Waals surface area contributed by atoms with Gasteiger partial charge in [0.2, 0.25) is 0 Å². The third-order valence-electron chi connectivity index (χ3n) is 15.5. The van der Waals surface area contributed by atoms with Crippen molar-refractivity contribution in [1.82, 2.24) is 0 Å². The van der Waals surface area contributed by atoms with Gasteiger partial charge in [-0.2, -0.15) is 0 Å². The van der Waals surface area contributed by atoms with Crippen molar-refractivity contribution in [3.8, 4) is 0 Å². The van der Waals surface area contributed by atoms with Crippen LogP contribution in [0.25, 0.3) is 0 Å². The van der Waals surface area contributed by atoms with E-state index in [2.05, 4.69) is 225 Å². The predicted molar refractivity (Wildman–Crippen MR) is 334 cm³/mol. The van der Waals surface area contributed by atoms with Crippen LogP contribution in [0.15, 0.2) is 206 Å². The molecule has 0 aromatic heterocycles. The standard InChI is InChI=1S/2C31H32GeO2.2C4H9.Sn/c2*1-22-10-16-27(17-11-22)32(28-18-12-23(2)13-19-28,29-20-14-24(3)15-21-29)30(25(4)31(33)34)26-8-6-5-7-9-26;2*1-3-4-2;/h2*5-21,25,30H,1-4H3,(H,33,34);2*1,3-4H2,2H3;. The number of carboxylic acids is 2. The number of hydrogen-bond donors (Lipinski definition) is 2. The van der Waals surface area contributed by atoms with E-state index in [1.807, 2.05) is 50.2 Å². The van der Waals surface area contributed by atoms with Crippen LogP contribution in [0.2, 0.25) is 8.87 Å². The Hall–Kier alpha value is -5.42. The molecule has 0 aliphatic carbocycles. The van der Waals surface area contributed by atoms with E-state index in [-0.39, 0.29) is 30.6 Å². The Morgan fingerprint density at radius 1 is 0.364 bits per heavy atom. The van der Waals surface area contributed by atoms with Gasteiger partial charge in [-0.1, -0.05) is 0 Å².